The second kappa shape index (κ2) is 8.08. The summed E-state index contributed by atoms with van der Waals surface area (Å²) in [6.45, 7) is 1.29. The molecule has 0 fully saturated rings. The smallest absolute Gasteiger partial charge is 0.195 e. The van der Waals surface area contributed by atoms with Crippen LogP contribution in [0.25, 0.3) is 0 Å². The number of benzene rings is 2. The van der Waals surface area contributed by atoms with Crippen molar-refractivity contribution in [2.24, 2.45) is 0 Å². The maximum Gasteiger partial charge on any atom is 0.195 e. The Hall–Kier alpha value is -2.48. The molecule has 0 saturated heterocycles. The van der Waals surface area contributed by atoms with Gasteiger partial charge in [0.1, 0.15) is 6.10 Å². The summed E-state index contributed by atoms with van der Waals surface area (Å²) >= 11 is 0. The van der Waals surface area contributed by atoms with E-state index in [9.17, 15) is 9.90 Å². The van der Waals surface area contributed by atoms with Gasteiger partial charge in [-0.05, 0) is 11.1 Å². The van der Waals surface area contributed by atoms with Gasteiger partial charge in [0.25, 0.3) is 0 Å². The molecule has 1 unspecified atom stereocenters. The van der Waals surface area contributed by atoms with E-state index in [0.29, 0.717) is 30.6 Å². The standard InChI is InChI=1S/C18H18N2O2/c19-11-4-12-20-13-14-7-9-16(10-8-14)18(22)17(21)15-5-2-1-3-6-15/h1-3,5-10,17,20-21H,4,12-13H2. The van der Waals surface area contributed by atoms with Gasteiger partial charge in [-0.3, -0.25) is 4.79 Å². The zero-order valence-corrected chi connectivity index (χ0v) is 12.2. The Labute approximate surface area is 130 Å². The first-order valence-electron chi connectivity index (χ1n) is 7.16. The SMILES string of the molecule is N#CCCNCc1ccc(C(=O)C(O)c2ccccc2)cc1. The van der Waals surface area contributed by atoms with Crippen molar-refractivity contribution in [2.45, 2.75) is 19.1 Å². The Kier molecular flexibility index (Phi) is 5.84. The summed E-state index contributed by atoms with van der Waals surface area (Å²) in [4.78, 5) is 12.3. The predicted molar refractivity (Wildman–Crippen MR) is 84.1 cm³/mol. The number of hydrogen-bond acceptors (Lipinski definition) is 4. The zero-order chi connectivity index (χ0) is 15.8. The fourth-order valence-corrected chi connectivity index (χ4v) is 2.11. The molecule has 2 rings (SSSR count). The molecule has 0 aromatic heterocycles. The van der Waals surface area contributed by atoms with E-state index in [1.54, 1.807) is 36.4 Å². The molecule has 2 N–H and O–H groups in total. The van der Waals surface area contributed by atoms with Gasteiger partial charge in [0.05, 0.1) is 6.07 Å². The van der Waals surface area contributed by atoms with Gasteiger partial charge in [0, 0.05) is 25.1 Å². The maximum atomic E-state index is 12.3. The van der Waals surface area contributed by atoms with E-state index in [4.69, 9.17) is 5.26 Å². The molecule has 1 atom stereocenters. The van der Waals surface area contributed by atoms with E-state index in [1.807, 2.05) is 18.2 Å². The Balaban J connectivity index is 1.98. The topological polar surface area (TPSA) is 73.1 Å². The van der Waals surface area contributed by atoms with Gasteiger partial charge in [-0.25, -0.2) is 0 Å². The van der Waals surface area contributed by atoms with Gasteiger partial charge in [-0.1, -0.05) is 54.6 Å². The van der Waals surface area contributed by atoms with Crippen molar-refractivity contribution in [3.05, 3.63) is 71.3 Å². The molecule has 0 amide bonds. The third-order valence-electron chi connectivity index (χ3n) is 3.34. The van der Waals surface area contributed by atoms with Crippen LogP contribution in [0, 0.1) is 11.3 Å². The van der Waals surface area contributed by atoms with Crippen LogP contribution in [0.2, 0.25) is 0 Å². The molecule has 0 aliphatic heterocycles. The number of carbonyl (C=O) groups excluding carboxylic acids is 1. The molecule has 0 saturated carbocycles. The third kappa shape index (κ3) is 4.26. The van der Waals surface area contributed by atoms with E-state index in [2.05, 4.69) is 11.4 Å². The predicted octanol–water partition coefficient (Wildman–Crippen LogP) is 2.61. The highest BCUT2D eigenvalue weighted by Gasteiger charge is 2.18. The average molecular weight is 294 g/mol. The van der Waals surface area contributed by atoms with E-state index >= 15 is 0 Å². The lowest BCUT2D eigenvalue weighted by molar-refractivity contribution is 0.0747. The Morgan fingerprint density at radius 2 is 1.82 bits per heavy atom. The Morgan fingerprint density at radius 3 is 2.45 bits per heavy atom. The maximum absolute atomic E-state index is 12.3. The quantitative estimate of drug-likeness (QED) is 0.608. The average Bonchev–Trinajstić information content (AvgIpc) is 2.59. The van der Waals surface area contributed by atoms with Crippen molar-refractivity contribution in [1.82, 2.24) is 5.32 Å². The first-order valence-corrected chi connectivity index (χ1v) is 7.16. The monoisotopic (exact) mass is 294 g/mol. The van der Waals surface area contributed by atoms with Crippen molar-refractivity contribution in [2.75, 3.05) is 6.54 Å². The van der Waals surface area contributed by atoms with Crippen molar-refractivity contribution in [3.63, 3.8) is 0 Å². The van der Waals surface area contributed by atoms with E-state index in [-0.39, 0.29) is 5.78 Å². The Morgan fingerprint density at radius 1 is 1.14 bits per heavy atom. The van der Waals surface area contributed by atoms with Gasteiger partial charge in [-0.2, -0.15) is 5.26 Å². The molecule has 0 heterocycles. The van der Waals surface area contributed by atoms with Gasteiger partial charge in [0.2, 0.25) is 0 Å². The summed E-state index contributed by atoms with van der Waals surface area (Å²) in [5.74, 6) is -0.310. The number of nitrogens with one attached hydrogen (secondary N) is 1. The normalized spacial score (nSPS) is 11.6. The highest BCUT2D eigenvalue weighted by atomic mass is 16.3. The fraction of sp³-hybridized carbons (Fsp3) is 0.222. The van der Waals surface area contributed by atoms with Crippen molar-refractivity contribution in [3.8, 4) is 6.07 Å². The highest BCUT2D eigenvalue weighted by molar-refractivity contribution is 5.99. The van der Waals surface area contributed by atoms with Crippen molar-refractivity contribution < 1.29 is 9.90 Å². The van der Waals surface area contributed by atoms with E-state index < -0.39 is 6.10 Å². The largest absolute Gasteiger partial charge is 0.380 e. The van der Waals surface area contributed by atoms with Crippen LogP contribution in [0.5, 0.6) is 0 Å². The number of nitrogens with zero attached hydrogens (tertiary/aromatic N) is 1. The van der Waals surface area contributed by atoms with Crippen LogP contribution >= 0.6 is 0 Å². The number of Topliss-reactive ketones (excluding diaryl/α,β-unsaturated/α-hetero) is 1. The summed E-state index contributed by atoms with van der Waals surface area (Å²) in [6, 6.07) is 18.1. The second-order valence-corrected chi connectivity index (χ2v) is 4.96. The van der Waals surface area contributed by atoms with Crippen molar-refractivity contribution in [1.29, 1.82) is 5.26 Å². The molecule has 0 spiro atoms. The summed E-state index contributed by atoms with van der Waals surface area (Å²) in [7, 11) is 0. The number of hydrogen-bond donors (Lipinski definition) is 2. The van der Waals surface area contributed by atoms with Crippen LogP contribution in [0.3, 0.4) is 0 Å². The molecular formula is C18H18N2O2. The molecule has 22 heavy (non-hydrogen) atoms. The molecule has 0 aliphatic carbocycles. The molecule has 0 radical (unpaired) electrons. The summed E-state index contributed by atoms with van der Waals surface area (Å²) in [5.41, 5.74) is 2.11. The van der Waals surface area contributed by atoms with Gasteiger partial charge >= 0.3 is 0 Å². The van der Waals surface area contributed by atoms with Crippen LogP contribution in [0.15, 0.2) is 54.6 Å². The molecule has 4 heteroatoms. The first-order chi connectivity index (χ1) is 10.7. The molecular weight excluding hydrogens is 276 g/mol. The van der Waals surface area contributed by atoms with Crippen LogP contribution in [-0.4, -0.2) is 17.4 Å². The number of carbonyl (C=O) groups is 1. The lowest BCUT2D eigenvalue weighted by Gasteiger charge is -2.10. The second-order valence-electron chi connectivity index (χ2n) is 4.96. The van der Waals surface area contributed by atoms with Gasteiger partial charge in [0.15, 0.2) is 5.78 Å². The number of nitriles is 1. The van der Waals surface area contributed by atoms with E-state index in [0.717, 1.165) is 5.56 Å². The van der Waals surface area contributed by atoms with Crippen LogP contribution in [0.4, 0.5) is 0 Å². The highest BCUT2D eigenvalue weighted by Crippen LogP contribution is 2.18. The number of ketones is 1. The molecule has 4 nitrogen and oxygen atoms in total. The third-order valence-corrected chi connectivity index (χ3v) is 3.34. The number of aliphatic hydroxyl groups excluding tert-OH is 1. The van der Waals surface area contributed by atoms with E-state index in [1.165, 1.54) is 0 Å². The lowest BCUT2D eigenvalue weighted by atomic mass is 9.99. The summed E-state index contributed by atoms with van der Waals surface area (Å²) in [5, 5.41) is 21.7. The number of aliphatic hydroxyl groups is 1. The lowest BCUT2D eigenvalue weighted by Crippen LogP contribution is -2.15. The minimum Gasteiger partial charge on any atom is -0.380 e. The Bertz CT molecular complexity index is 645. The number of rotatable bonds is 7. The molecule has 0 aliphatic rings. The van der Waals surface area contributed by atoms with Gasteiger partial charge in [-0.15, -0.1) is 0 Å². The minimum absolute atomic E-state index is 0.310. The van der Waals surface area contributed by atoms with Crippen molar-refractivity contribution >= 4 is 5.78 Å². The molecule has 2 aromatic rings. The van der Waals surface area contributed by atoms with Crippen LogP contribution in [-0.2, 0) is 6.54 Å². The van der Waals surface area contributed by atoms with Crippen LogP contribution < -0.4 is 5.32 Å². The van der Waals surface area contributed by atoms with Crippen LogP contribution in [0.1, 0.15) is 34.0 Å². The zero-order valence-electron chi connectivity index (χ0n) is 12.2. The fourth-order valence-electron chi connectivity index (χ4n) is 2.11. The summed E-state index contributed by atoms with van der Waals surface area (Å²) in [6.07, 6.45) is -0.666. The minimum atomic E-state index is -1.14. The van der Waals surface area contributed by atoms with Gasteiger partial charge < -0.3 is 10.4 Å². The molecule has 112 valence electrons. The molecule has 0 bridgehead atoms. The summed E-state index contributed by atoms with van der Waals surface area (Å²) < 4.78 is 0. The first kappa shape index (κ1) is 15.9. The molecule has 2 aromatic carbocycles.